The van der Waals surface area contributed by atoms with Crippen molar-refractivity contribution in [2.45, 2.75) is 19.8 Å². The Hall–Kier alpha value is -1.29. The number of carbonyl (C=O) groups excluding carboxylic acids is 1. The molecule has 16 heavy (non-hydrogen) atoms. The van der Waals surface area contributed by atoms with Crippen LogP contribution >= 0.6 is 0 Å². The average Bonchev–Trinajstić information content (AvgIpc) is 2.24. The van der Waals surface area contributed by atoms with Crippen LogP contribution in [0, 0.1) is 11.6 Å². The minimum Gasteiger partial charge on any atom is -0.381 e. The smallest absolute Gasteiger partial charge is 0.159 e. The largest absolute Gasteiger partial charge is 0.381 e. The van der Waals surface area contributed by atoms with Crippen molar-refractivity contribution in [3.63, 3.8) is 0 Å². The normalized spacial score (nSPS) is 10.4. The van der Waals surface area contributed by atoms with Gasteiger partial charge in [0, 0.05) is 19.4 Å². The third-order valence-corrected chi connectivity index (χ3v) is 2.11. The fraction of sp³-hybridized carbons (Fsp3) is 0.417. The molecule has 0 saturated carbocycles. The van der Waals surface area contributed by atoms with E-state index in [9.17, 15) is 13.6 Å². The minimum atomic E-state index is -0.921. The Kier molecular flexibility index (Phi) is 5.05. The van der Waals surface area contributed by atoms with Crippen LogP contribution < -0.4 is 0 Å². The lowest BCUT2D eigenvalue weighted by Crippen LogP contribution is -2.07. The molecule has 0 atom stereocenters. The van der Waals surface area contributed by atoms with Crippen molar-refractivity contribution in [2.24, 2.45) is 0 Å². The molecule has 0 aliphatic heterocycles. The Balaban J connectivity index is 2.46. The Morgan fingerprint density at radius 1 is 1.31 bits per heavy atom. The quantitative estimate of drug-likeness (QED) is 0.699. The van der Waals surface area contributed by atoms with Crippen molar-refractivity contribution in [1.29, 1.82) is 0 Å². The maximum atomic E-state index is 12.8. The van der Waals surface area contributed by atoms with Gasteiger partial charge in [0.2, 0.25) is 0 Å². The number of hydrogen-bond acceptors (Lipinski definition) is 2. The molecule has 1 rings (SSSR count). The summed E-state index contributed by atoms with van der Waals surface area (Å²) in [4.78, 5) is 11.4. The number of rotatable bonds is 6. The van der Waals surface area contributed by atoms with Gasteiger partial charge in [-0.15, -0.1) is 0 Å². The van der Waals surface area contributed by atoms with Crippen LogP contribution in [0.4, 0.5) is 8.78 Å². The van der Waals surface area contributed by atoms with Crippen molar-refractivity contribution < 1.29 is 18.3 Å². The van der Waals surface area contributed by atoms with E-state index in [2.05, 4.69) is 0 Å². The fourth-order valence-electron chi connectivity index (χ4n) is 1.30. The van der Waals surface area contributed by atoms with Crippen molar-refractivity contribution in [2.75, 3.05) is 13.2 Å². The number of ketones is 1. The summed E-state index contributed by atoms with van der Waals surface area (Å²) in [5.74, 6) is -1.86. The summed E-state index contributed by atoms with van der Waals surface area (Å²) in [6.07, 6.45) is 0.414. The van der Waals surface area contributed by atoms with E-state index in [1.54, 1.807) is 0 Å². The molecule has 88 valence electrons. The first-order valence-corrected chi connectivity index (χ1v) is 5.17. The van der Waals surface area contributed by atoms with Gasteiger partial charge in [0.15, 0.2) is 11.6 Å². The Morgan fingerprint density at radius 3 is 2.69 bits per heavy atom. The molecule has 0 spiro atoms. The molecule has 0 bridgehead atoms. The van der Waals surface area contributed by atoms with Crippen LogP contribution in [0.3, 0.4) is 0 Å². The van der Waals surface area contributed by atoms with Crippen LogP contribution in [0.2, 0.25) is 0 Å². The highest BCUT2D eigenvalue weighted by Gasteiger charge is 2.07. The summed E-state index contributed by atoms with van der Waals surface area (Å²) in [5, 5.41) is 0. The third kappa shape index (κ3) is 4.06. The summed E-state index contributed by atoms with van der Waals surface area (Å²) in [5.41, 5.74) is 0.486. The standard InChI is InChI=1S/C12H14F2O2/c1-2-16-6-5-10(15)7-9-3-4-11(13)12(14)8-9/h3-4,8H,2,5-7H2,1H3. The summed E-state index contributed by atoms with van der Waals surface area (Å²) in [7, 11) is 0. The lowest BCUT2D eigenvalue weighted by Gasteiger charge is -2.02. The number of hydrogen-bond donors (Lipinski definition) is 0. The van der Waals surface area contributed by atoms with E-state index in [0.717, 1.165) is 12.1 Å². The van der Waals surface area contributed by atoms with Crippen molar-refractivity contribution >= 4 is 5.78 Å². The van der Waals surface area contributed by atoms with Gasteiger partial charge >= 0.3 is 0 Å². The van der Waals surface area contributed by atoms with Gasteiger partial charge in [-0.3, -0.25) is 4.79 Å². The van der Waals surface area contributed by atoms with E-state index in [4.69, 9.17) is 4.74 Å². The molecule has 0 aliphatic carbocycles. The van der Waals surface area contributed by atoms with Gasteiger partial charge in [-0.25, -0.2) is 8.78 Å². The second kappa shape index (κ2) is 6.33. The van der Waals surface area contributed by atoms with E-state index in [1.165, 1.54) is 6.07 Å². The summed E-state index contributed by atoms with van der Waals surface area (Å²) < 4.78 is 30.5. The average molecular weight is 228 g/mol. The highest BCUT2D eigenvalue weighted by Crippen LogP contribution is 2.10. The Labute approximate surface area is 93.2 Å². The lowest BCUT2D eigenvalue weighted by atomic mass is 10.1. The first kappa shape index (κ1) is 12.8. The molecule has 1 aromatic rings. The predicted molar refractivity (Wildman–Crippen MR) is 56.2 cm³/mol. The van der Waals surface area contributed by atoms with Crippen LogP contribution in [-0.2, 0) is 16.0 Å². The Morgan fingerprint density at radius 2 is 2.06 bits per heavy atom. The number of benzene rings is 1. The van der Waals surface area contributed by atoms with Gasteiger partial charge in [-0.1, -0.05) is 6.07 Å². The number of carbonyl (C=O) groups is 1. The molecule has 1 aromatic carbocycles. The zero-order chi connectivity index (χ0) is 12.0. The van der Waals surface area contributed by atoms with E-state index >= 15 is 0 Å². The van der Waals surface area contributed by atoms with E-state index < -0.39 is 11.6 Å². The predicted octanol–water partition coefficient (Wildman–Crippen LogP) is 2.50. The fourth-order valence-corrected chi connectivity index (χ4v) is 1.30. The van der Waals surface area contributed by atoms with E-state index in [0.29, 0.717) is 25.2 Å². The molecule has 4 heteroatoms. The van der Waals surface area contributed by atoms with Crippen molar-refractivity contribution in [3.8, 4) is 0 Å². The van der Waals surface area contributed by atoms with Gasteiger partial charge in [0.25, 0.3) is 0 Å². The maximum absolute atomic E-state index is 12.8. The first-order valence-electron chi connectivity index (χ1n) is 5.17. The monoisotopic (exact) mass is 228 g/mol. The summed E-state index contributed by atoms with van der Waals surface area (Å²) >= 11 is 0. The molecular weight excluding hydrogens is 214 g/mol. The van der Waals surface area contributed by atoms with Crippen LogP contribution in [-0.4, -0.2) is 19.0 Å². The highest BCUT2D eigenvalue weighted by molar-refractivity contribution is 5.80. The highest BCUT2D eigenvalue weighted by atomic mass is 19.2. The first-order chi connectivity index (χ1) is 7.63. The van der Waals surface area contributed by atoms with Crippen LogP contribution in [0.1, 0.15) is 18.9 Å². The maximum Gasteiger partial charge on any atom is 0.159 e. The SMILES string of the molecule is CCOCCC(=O)Cc1ccc(F)c(F)c1. The van der Waals surface area contributed by atoms with Gasteiger partial charge < -0.3 is 4.74 Å². The molecule has 0 heterocycles. The second-order valence-corrected chi connectivity index (χ2v) is 3.41. The minimum absolute atomic E-state index is 0.0422. The van der Waals surface area contributed by atoms with Crippen LogP contribution in [0.5, 0.6) is 0 Å². The van der Waals surface area contributed by atoms with Gasteiger partial charge in [0.1, 0.15) is 5.78 Å². The molecule has 0 aromatic heterocycles. The molecule has 0 amide bonds. The van der Waals surface area contributed by atoms with Gasteiger partial charge in [0.05, 0.1) is 6.61 Å². The molecule has 0 radical (unpaired) electrons. The third-order valence-electron chi connectivity index (χ3n) is 2.11. The zero-order valence-corrected chi connectivity index (χ0v) is 9.13. The van der Waals surface area contributed by atoms with Gasteiger partial charge in [-0.05, 0) is 24.6 Å². The molecule has 0 N–H and O–H groups in total. The van der Waals surface area contributed by atoms with Gasteiger partial charge in [-0.2, -0.15) is 0 Å². The Bertz CT molecular complexity index is 364. The molecule has 0 unspecified atom stereocenters. The van der Waals surface area contributed by atoms with Crippen LogP contribution in [0.15, 0.2) is 18.2 Å². The number of halogens is 2. The zero-order valence-electron chi connectivity index (χ0n) is 9.13. The van der Waals surface area contributed by atoms with Crippen molar-refractivity contribution in [3.05, 3.63) is 35.4 Å². The molecular formula is C12H14F2O2. The number of Topliss-reactive ketones (excluding diaryl/α,β-unsaturated/α-hetero) is 1. The number of ether oxygens (including phenoxy) is 1. The molecule has 0 aliphatic rings. The topological polar surface area (TPSA) is 26.3 Å². The second-order valence-electron chi connectivity index (χ2n) is 3.41. The lowest BCUT2D eigenvalue weighted by molar-refractivity contribution is -0.119. The van der Waals surface area contributed by atoms with E-state index in [1.807, 2.05) is 6.92 Å². The molecule has 0 saturated heterocycles. The molecule has 0 fully saturated rings. The summed E-state index contributed by atoms with van der Waals surface area (Å²) in [6.45, 7) is 2.79. The van der Waals surface area contributed by atoms with Crippen LogP contribution in [0.25, 0.3) is 0 Å². The molecule has 2 nitrogen and oxygen atoms in total. The summed E-state index contributed by atoms with van der Waals surface area (Å²) in [6, 6.07) is 3.49. The van der Waals surface area contributed by atoms with E-state index in [-0.39, 0.29) is 12.2 Å². The van der Waals surface area contributed by atoms with Crippen molar-refractivity contribution in [1.82, 2.24) is 0 Å².